The number of anilines is 1. The Labute approximate surface area is 189 Å². The number of benzene rings is 2. The van der Waals surface area contributed by atoms with Crippen molar-refractivity contribution in [3.8, 4) is 11.3 Å². The van der Waals surface area contributed by atoms with Gasteiger partial charge in [-0.25, -0.2) is 14.5 Å². The lowest BCUT2D eigenvalue weighted by Crippen LogP contribution is -2.16. The summed E-state index contributed by atoms with van der Waals surface area (Å²) in [7, 11) is 0. The number of hydrogen-bond acceptors (Lipinski definition) is 4. The van der Waals surface area contributed by atoms with E-state index >= 15 is 0 Å². The van der Waals surface area contributed by atoms with Crippen LogP contribution in [0, 0.1) is 0 Å². The van der Waals surface area contributed by atoms with Crippen LogP contribution in [-0.2, 0) is 24.4 Å². The van der Waals surface area contributed by atoms with Crippen LogP contribution < -0.4 is 5.32 Å². The fourth-order valence-electron chi connectivity index (χ4n) is 3.33. The molecule has 4 aromatic rings. The van der Waals surface area contributed by atoms with Crippen molar-refractivity contribution in [2.24, 2.45) is 0 Å². The van der Waals surface area contributed by atoms with E-state index < -0.39 is 6.09 Å². The van der Waals surface area contributed by atoms with Crippen molar-refractivity contribution in [3.05, 3.63) is 64.4 Å². The number of carbonyl (C=O) groups is 1. The minimum Gasteiger partial charge on any atom is -0.444 e. The molecule has 7 nitrogen and oxygen atoms in total. The van der Waals surface area contributed by atoms with E-state index in [2.05, 4.69) is 26.9 Å². The Balaban J connectivity index is 1.45. The lowest BCUT2D eigenvalue weighted by Gasteiger charge is -2.08. The van der Waals surface area contributed by atoms with Crippen LogP contribution >= 0.6 is 23.2 Å². The lowest BCUT2D eigenvalue weighted by atomic mass is 10.1. The molecule has 31 heavy (non-hydrogen) atoms. The van der Waals surface area contributed by atoms with Crippen molar-refractivity contribution in [3.63, 3.8) is 0 Å². The number of nitrogens with one attached hydrogen (secondary N) is 1. The van der Waals surface area contributed by atoms with Gasteiger partial charge in [0.1, 0.15) is 12.4 Å². The van der Waals surface area contributed by atoms with E-state index in [0.29, 0.717) is 28.1 Å². The van der Waals surface area contributed by atoms with Crippen LogP contribution in [0.2, 0.25) is 10.0 Å². The van der Waals surface area contributed by atoms with Crippen molar-refractivity contribution in [2.75, 3.05) is 5.32 Å². The summed E-state index contributed by atoms with van der Waals surface area (Å²) in [6.45, 7) is 5.55. The fourth-order valence-corrected chi connectivity index (χ4v) is 3.83. The minimum atomic E-state index is -0.567. The highest BCUT2D eigenvalue weighted by Gasteiger charge is 2.15. The Morgan fingerprint density at radius 2 is 1.94 bits per heavy atom. The highest BCUT2D eigenvalue weighted by atomic mass is 35.5. The number of ether oxygens (including phenoxy) is 1. The standard InChI is InChI=1S/C22H21Cl2N5O2/c1-3-28-13-25-19-9-14(5-8-20(19)28)12-31-22(30)26-21-11-18(27-29(21)4-2)16-7-6-15(23)10-17(16)24/h5-11,13H,3-4,12H2,1-2H3,(H,26,30). The summed E-state index contributed by atoms with van der Waals surface area (Å²) < 4.78 is 9.13. The van der Waals surface area contributed by atoms with E-state index in [1.54, 1.807) is 35.3 Å². The molecule has 160 valence electrons. The molecule has 1 N–H and O–H groups in total. The molecule has 0 aliphatic heterocycles. The average Bonchev–Trinajstić information content (AvgIpc) is 3.35. The number of hydrogen-bond donors (Lipinski definition) is 1. The Hall–Kier alpha value is -3.03. The molecule has 0 radical (unpaired) electrons. The van der Waals surface area contributed by atoms with E-state index in [1.807, 2.05) is 25.1 Å². The zero-order valence-corrected chi connectivity index (χ0v) is 18.6. The van der Waals surface area contributed by atoms with Gasteiger partial charge < -0.3 is 9.30 Å². The monoisotopic (exact) mass is 457 g/mol. The molecule has 2 aromatic carbocycles. The van der Waals surface area contributed by atoms with Crippen LogP contribution in [0.4, 0.5) is 10.6 Å². The summed E-state index contributed by atoms with van der Waals surface area (Å²) in [5, 5.41) is 8.30. The topological polar surface area (TPSA) is 74.0 Å². The van der Waals surface area contributed by atoms with E-state index in [1.165, 1.54) is 0 Å². The predicted octanol–water partition coefficient (Wildman–Crippen LogP) is 6.00. The maximum atomic E-state index is 12.4. The molecule has 0 unspecified atom stereocenters. The van der Waals surface area contributed by atoms with Crippen LogP contribution in [-0.4, -0.2) is 25.4 Å². The molecular formula is C22H21Cl2N5O2. The van der Waals surface area contributed by atoms with Gasteiger partial charge in [0, 0.05) is 29.7 Å². The molecule has 0 fully saturated rings. The number of aromatic nitrogens is 4. The number of fused-ring (bicyclic) bond motifs is 1. The Morgan fingerprint density at radius 1 is 1.10 bits per heavy atom. The molecule has 0 bridgehead atoms. The molecule has 0 aliphatic carbocycles. The normalized spacial score (nSPS) is 11.1. The Morgan fingerprint density at radius 3 is 2.68 bits per heavy atom. The van der Waals surface area contributed by atoms with E-state index in [0.717, 1.165) is 28.7 Å². The van der Waals surface area contributed by atoms with Crippen molar-refractivity contribution in [2.45, 2.75) is 33.5 Å². The van der Waals surface area contributed by atoms with Gasteiger partial charge in [-0.15, -0.1) is 0 Å². The number of imidazole rings is 1. The third-order valence-electron chi connectivity index (χ3n) is 4.91. The molecule has 0 atom stereocenters. The lowest BCUT2D eigenvalue weighted by molar-refractivity contribution is 0.155. The van der Waals surface area contributed by atoms with Gasteiger partial charge in [0.15, 0.2) is 0 Å². The number of halogens is 2. The minimum absolute atomic E-state index is 0.136. The van der Waals surface area contributed by atoms with Crippen LogP contribution in [0.15, 0.2) is 48.8 Å². The maximum Gasteiger partial charge on any atom is 0.413 e. The zero-order chi connectivity index (χ0) is 22.0. The molecule has 0 saturated carbocycles. The molecule has 0 aliphatic rings. The maximum absolute atomic E-state index is 12.4. The van der Waals surface area contributed by atoms with Crippen molar-refractivity contribution in [1.29, 1.82) is 0 Å². The largest absolute Gasteiger partial charge is 0.444 e. The van der Waals surface area contributed by atoms with E-state index in [-0.39, 0.29) is 6.61 Å². The van der Waals surface area contributed by atoms with Gasteiger partial charge in [-0.05, 0) is 49.7 Å². The number of aryl methyl sites for hydroxylation is 2. The van der Waals surface area contributed by atoms with E-state index in [4.69, 9.17) is 27.9 Å². The third-order valence-corrected chi connectivity index (χ3v) is 5.46. The van der Waals surface area contributed by atoms with Gasteiger partial charge in [0.05, 0.1) is 28.1 Å². The van der Waals surface area contributed by atoms with Gasteiger partial charge in [-0.3, -0.25) is 5.32 Å². The summed E-state index contributed by atoms with van der Waals surface area (Å²) in [5.74, 6) is 0.519. The molecule has 0 saturated heterocycles. The van der Waals surface area contributed by atoms with E-state index in [9.17, 15) is 4.79 Å². The highest BCUT2D eigenvalue weighted by Crippen LogP contribution is 2.31. The average molecular weight is 458 g/mol. The molecule has 2 aromatic heterocycles. The third kappa shape index (κ3) is 4.52. The summed E-state index contributed by atoms with van der Waals surface area (Å²) in [6.07, 6.45) is 1.24. The van der Waals surface area contributed by atoms with Gasteiger partial charge in [0.25, 0.3) is 0 Å². The number of amides is 1. The van der Waals surface area contributed by atoms with Crippen molar-refractivity contribution in [1.82, 2.24) is 19.3 Å². The van der Waals surface area contributed by atoms with Crippen molar-refractivity contribution >= 4 is 46.1 Å². The molecule has 1 amide bonds. The van der Waals surface area contributed by atoms with Crippen LogP contribution in [0.25, 0.3) is 22.3 Å². The first kappa shape index (κ1) is 21.2. The smallest absolute Gasteiger partial charge is 0.413 e. The zero-order valence-electron chi connectivity index (χ0n) is 17.1. The van der Waals surface area contributed by atoms with Crippen LogP contribution in [0.5, 0.6) is 0 Å². The first-order chi connectivity index (χ1) is 15.0. The molecule has 2 heterocycles. The second kappa shape index (κ2) is 8.99. The van der Waals surface area contributed by atoms with Gasteiger partial charge in [-0.1, -0.05) is 29.3 Å². The van der Waals surface area contributed by atoms with Gasteiger partial charge in [0.2, 0.25) is 0 Å². The first-order valence-corrected chi connectivity index (χ1v) is 10.6. The Bertz CT molecular complexity index is 1250. The van der Waals surface area contributed by atoms with Gasteiger partial charge >= 0.3 is 6.09 Å². The predicted molar refractivity (Wildman–Crippen MR) is 123 cm³/mol. The summed E-state index contributed by atoms with van der Waals surface area (Å²) in [6, 6.07) is 12.8. The molecule has 4 rings (SSSR count). The number of carbonyl (C=O) groups excluding carboxylic acids is 1. The quantitative estimate of drug-likeness (QED) is 0.385. The van der Waals surface area contributed by atoms with Crippen LogP contribution in [0.3, 0.4) is 0 Å². The second-order valence-corrected chi connectivity index (χ2v) is 7.75. The van der Waals surface area contributed by atoms with Gasteiger partial charge in [-0.2, -0.15) is 5.10 Å². The summed E-state index contributed by atoms with van der Waals surface area (Å²) in [4.78, 5) is 16.8. The highest BCUT2D eigenvalue weighted by molar-refractivity contribution is 6.36. The fraction of sp³-hybridized carbons (Fsp3) is 0.227. The number of nitrogens with zero attached hydrogens (tertiary/aromatic N) is 4. The SMILES string of the molecule is CCn1nc(-c2ccc(Cl)cc2Cl)cc1NC(=O)OCc1ccc2c(c1)ncn2CC. The summed E-state index contributed by atoms with van der Waals surface area (Å²) in [5.41, 5.74) is 4.15. The molecule has 9 heteroatoms. The second-order valence-electron chi connectivity index (χ2n) is 6.91. The first-order valence-electron chi connectivity index (χ1n) is 9.89. The van der Waals surface area contributed by atoms with Crippen LogP contribution in [0.1, 0.15) is 19.4 Å². The number of rotatable bonds is 6. The summed E-state index contributed by atoms with van der Waals surface area (Å²) >= 11 is 12.3. The molecule has 0 spiro atoms. The Kier molecular flexibility index (Phi) is 6.15. The molecular weight excluding hydrogens is 437 g/mol. The van der Waals surface area contributed by atoms with Crippen molar-refractivity contribution < 1.29 is 9.53 Å².